The third kappa shape index (κ3) is 3.02. The quantitative estimate of drug-likeness (QED) is 0.590. The topological polar surface area (TPSA) is 104 Å². The Morgan fingerprint density at radius 3 is 2.17 bits per heavy atom. The number of carboxylic acids is 1. The molecule has 2 atom stereocenters. The molecule has 0 fully saturated rings. The molecule has 0 saturated heterocycles. The molecular weight excluding hydrogens is 240 g/mol. The predicted octanol–water partition coefficient (Wildman–Crippen LogP) is 0.643. The fourth-order valence-electron chi connectivity index (χ4n) is 1.61. The smallest absolute Gasteiger partial charge is 0.323 e. The third-order valence-electron chi connectivity index (χ3n) is 2.55. The van der Waals surface area contributed by atoms with Crippen LogP contribution < -0.4 is 0 Å². The van der Waals surface area contributed by atoms with Gasteiger partial charge in [-0.2, -0.15) is 0 Å². The van der Waals surface area contributed by atoms with Gasteiger partial charge in [0.25, 0.3) is 5.69 Å². The van der Waals surface area contributed by atoms with Crippen molar-refractivity contribution in [3.8, 4) is 0 Å². The van der Waals surface area contributed by atoms with Gasteiger partial charge in [0.1, 0.15) is 12.1 Å². The Hall–Kier alpha value is -1.99. The Morgan fingerprint density at radius 2 is 1.83 bits per heavy atom. The minimum atomic E-state index is -1.25. The van der Waals surface area contributed by atoms with E-state index >= 15 is 0 Å². The second-order valence-corrected chi connectivity index (χ2v) is 4.04. The van der Waals surface area contributed by atoms with Gasteiger partial charge in [-0.15, -0.1) is 0 Å². The van der Waals surface area contributed by atoms with E-state index in [1.807, 2.05) is 0 Å². The highest BCUT2D eigenvalue weighted by atomic mass is 16.6. The number of likely N-dealkylation sites (N-methyl/N-ethyl adjacent to an activating group) is 1. The minimum Gasteiger partial charge on any atom is -0.480 e. The van der Waals surface area contributed by atoms with Crippen LogP contribution in [0.3, 0.4) is 0 Å². The first-order valence-electron chi connectivity index (χ1n) is 5.16. The Labute approximate surface area is 103 Å². The molecule has 0 aromatic heterocycles. The first-order chi connectivity index (χ1) is 8.34. The summed E-state index contributed by atoms with van der Waals surface area (Å²) in [4.78, 5) is 22.3. The number of aliphatic hydroxyl groups excluding tert-OH is 1. The number of nitro benzene ring substituents is 1. The SMILES string of the molecule is CN(C)[C@@H](C(=O)O)[C@H](O)c1ccc([N+](=O)[O-])cc1. The number of aliphatic carboxylic acids is 1. The van der Waals surface area contributed by atoms with Gasteiger partial charge in [0.05, 0.1) is 4.92 Å². The van der Waals surface area contributed by atoms with Crippen molar-refractivity contribution in [3.05, 3.63) is 39.9 Å². The van der Waals surface area contributed by atoms with Crippen molar-refractivity contribution < 1.29 is 19.9 Å². The van der Waals surface area contributed by atoms with Gasteiger partial charge in [-0.25, -0.2) is 0 Å². The molecule has 0 spiro atoms. The molecule has 0 aliphatic carbocycles. The molecule has 1 aromatic carbocycles. The molecular formula is C11H14N2O5. The van der Waals surface area contributed by atoms with Gasteiger partial charge in [-0.1, -0.05) is 0 Å². The maximum atomic E-state index is 11.0. The van der Waals surface area contributed by atoms with Crippen molar-refractivity contribution in [2.24, 2.45) is 0 Å². The predicted molar refractivity (Wildman–Crippen MR) is 63.2 cm³/mol. The van der Waals surface area contributed by atoms with Crippen molar-refractivity contribution >= 4 is 11.7 Å². The van der Waals surface area contributed by atoms with Crippen molar-refractivity contribution in [2.45, 2.75) is 12.1 Å². The summed E-state index contributed by atoms with van der Waals surface area (Å²) in [6.45, 7) is 0. The molecule has 0 aliphatic rings. The molecule has 18 heavy (non-hydrogen) atoms. The van der Waals surface area contributed by atoms with Gasteiger partial charge in [-0.3, -0.25) is 19.8 Å². The van der Waals surface area contributed by atoms with Gasteiger partial charge in [0.2, 0.25) is 0 Å². The average molecular weight is 254 g/mol. The standard InChI is InChI=1S/C11H14N2O5/c1-12(2)9(11(15)16)10(14)7-3-5-8(6-4-7)13(17)18/h3-6,9-10,14H,1-2H3,(H,15,16)/t9-,10-/m1/s1. The normalized spacial score (nSPS) is 14.2. The highest BCUT2D eigenvalue weighted by Crippen LogP contribution is 2.22. The van der Waals surface area contributed by atoms with E-state index in [2.05, 4.69) is 0 Å². The van der Waals surface area contributed by atoms with E-state index in [4.69, 9.17) is 5.11 Å². The number of hydrogen-bond donors (Lipinski definition) is 2. The largest absolute Gasteiger partial charge is 0.480 e. The highest BCUT2D eigenvalue weighted by Gasteiger charge is 2.29. The second kappa shape index (κ2) is 5.56. The van der Waals surface area contributed by atoms with E-state index in [1.165, 1.54) is 43.3 Å². The number of hydrogen-bond acceptors (Lipinski definition) is 5. The second-order valence-electron chi connectivity index (χ2n) is 4.04. The third-order valence-corrected chi connectivity index (χ3v) is 2.55. The molecule has 0 radical (unpaired) electrons. The lowest BCUT2D eigenvalue weighted by Crippen LogP contribution is -2.40. The molecule has 0 aliphatic heterocycles. The van der Waals surface area contributed by atoms with Crippen molar-refractivity contribution in [3.63, 3.8) is 0 Å². The lowest BCUT2D eigenvalue weighted by atomic mass is 10.0. The molecule has 0 saturated carbocycles. The van der Waals surface area contributed by atoms with Crippen molar-refractivity contribution in [2.75, 3.05) is 14.1 Å². The van der Waals surface area contributed by atoms with E-state index in [9.17, 15) is 20.0 Å². The van der Waals surface area contributed by atoms with Gasteiger partial charge in [-0.05, 0) is 31.8 Å². The first-order valence-corrected chi connectivity index (χ1v) is 5.16. The minimum absolute atomic E-state index is 0.109. The molecule has 98 valence electrons. The van der Waals surface area contributed by atoms with E-state index in [1.54, 1.807) is 0 Å². The van der Waals surface area contributed by atoms with Crippen molar-refractivity contribution in [1.82, 2.24) is 4.90 Å². The highest BCUT2D eigenvalue weighted by molar-refractivity contribution is 5.74. The summed E-state index contributed by atoms with van der Waals surface area (Å²) >= 11 is 0. The maximum absolute atomic E-state index is 11.0. The van der Waals surface area contributed by atoms with Gasteiger partial charge < -0.3 is 10.2 Å². The number of nitro groups is 1. The van der Waals surface area contributed by atoms with Crippen LogP contribution in [0.5, 0.6) is 0 Å². The molecule has 0 amide bonds. The van der Waals surface area contributed by atoms with E-state index in [0.717, 1.165) is 0 Å². The monoisotopic (exact) mass is 254 g/mol. The van der Waals surface area contributed by atoms with Crippen LogP contribution in [0.4, 0.5) is 5.69 Å². The lowest BCUT2D eigenvalue weighted by Gasteiger charge is -2.25. The fraction of sp³-hybridized carbons (Fsp3) is 0.364. The number of benzene rings is 1. The van der Waals surface area contributed by atoms with Crippen LogP contribution >= 0.6 is 0 Å². The molecule has 7 heteroatoms. The average Bonchev–Trinajstić information content (AvgIpc) is 2.28. The summed E-state index contributed by atoms with van der Waals surface area (Å²) in [6.07, 6.45) is -1.25. The van der Waals surface area contributed by atoms with E-state index in [0.29, 0.717) is 5.56 Å². The van der Waals surface area contributed by atoms with E-state index < -0.39 is 23.0 Å². The summed E-state index contributed by atoms with van der Waals surface area (Å²) in [5.41, 5.74) is 0.212. The van der Waals surface area contributed by atoms with Gasteiger partial charge >= 0.3 is 5.97 Å². The molecule has 1 rings (SSSR count). The van der Waals surface area contributed by atoms with Crippen LogP contribution in [-0.4, -0.2) is 46.1 Å². The first kappa shape index (κ1) is 14.1. The molecule has 0 bridgehead atoms. The summed E-state index contributed by atoms with van der Waals surface area (Å²) in [5, 5.41) is 29.4. The molecule has 0 unspecified atom stereocenters. The molecule has 7 nitrogen and oxygen atoms in total. The molecule has 2 N–H and O–H groups in total. The Kier molecular flexibility index (Phi) is 4.35. The van der Waals surface area contributed by atoms with E-state index in [-0.39, 0.29) is 5.69 Å². The van der Waals surface area contributed by atoms with Crippen LogP contribution in [-0.2, 0) is 4.79 Å². The fourth-order valence-corrected chi connectivity index (χ4v) is 1.61. The lowest BCUT2D eigenvalue weighted by molar-refractivity contribution is -0.384. The Morgan fingerprint density at radius 1 is 1.33 bits per heavy atom. The van der Waals surface area contributed by atoms with Gasteiger partial charge in [0, 0.05) is 12.1 Å². The summed E-state index contributed by atoms with van der Waals surface area (Å²) in [6, 6.07) is 4.05. The van der Waals surface area contributed by atoms with Crippen LogP contribution in [0.15, 0.2) is 24.3 Å². The zero-order valence-electron chi connectivity index (χ0n) is 9.98. The molecule has 1 aromatic rings. The number of rotatable bonds is 5. The summed E-state index contributed by atoms with van der Waals surface area (Å²) in [5.74, 6) is -1.16. The zero-order valence-corrected chi connectivity index (χ0v) is 9.98. The number of carbonyl (C=O) groups is 1. The maximum Gasteiger partial charge on any atom is 0.323 e. The summed E-state index contributed by atoms with van der Waals surface area (Å²) in [7, 11) is 3.07. The number of aliphatic hydroxyl groups is 1. The van der Waals surface area contributed by atoms with Crippen LogP contribution in [0.25, 0.3) is 0 Å². The number of non-ortho nitro benzene ring substituents is 1. The Bertz CT molecular complexity index is 443. The van der Waals surface area contributed by atoms with Gasteiger partial charge in [0.15, 0.2) is 0 Å². The van der Waals surface area contributed by atoms with Crippen LogP contribution in [0.1, 0.15) is 11.7 Å². The number of nitrogens with zero attached hydrogens (tertiary/aromatic N) is 2. The van der Waals surface area contributed by atoms with Crippen LogP contribution in [0, 0.1) is 10.1 Å². The van der Waals surface area contributed by atoms with Crippen LogP contribution in [0.2, 0.25) is 0 Å². The number of carboxylic acid groups (broad SMARTS) is 1. The Balaban J connectivity index is 2.98. The molecule has 0 heterocycles. The zero-order chi connectivity index (χ0) is 13.9. The van der Waals surface area contributed by atoms with Crippen molar-refractivity contribution in [1.29, 1.82) is 0 Å². The summed E-state index contributed by atoms with van der Waals surface area (Å²) < 4.78 is 0.